The molecule has 0 saturated heterocycles. The van der Waals surface area contributed by atoms with E-state index in [0.717, 1.165) is 10.4 Å². The summed E-state index contributed by atoms with van der Waals surface area (Å²) in [6, 6.07) is 4.14. The van der Waals surface area contributed by atoms with Crippen molar-refractivity contribution >= 4 is 34.5 Å². The van der Waals surface area contributed by atoms with E-state index in [9.17, 15) is 0 Å². The maximum Gasteiger partial charge on any atom is 0.206 e. The second-order valence-corrected chi connectivity index (χ2v) is 8.48. The molecule has 30 heavy (non-hydrogen) atoms. The maximum absolute atomic E-state index is 5.54. The first-order valence-electron chi connectivity index (χ1n) is 10.3. The number of rotatable bonds is 7. The molecule has 1 aromatic heterocycles. The minimum atomic E-state index is 0. The molecule has 0 N–H and O–H groups in total. The van der Waals surface area contributed by atoms with Gasteiger partial charge in [0.2, 0.25) is 4.80 Å². The van der Waals surface area contributed by atoms with Crippen LogP contribution in [0.15, 0.2) is 27.6 Å². The van der Waals surface area contributed by atoms with Crippen LogP contribution in [0, 0.1) is 0 Å². The number of thiazole rings is 1. The summed E-state index contributed by atoms with van der Waals surface area (Å²) in [5.41, 5.74) is 2.11. The summed E-state index contributed by atoms with van der Waals surface area (Å²) in [5.74, 6) is 2.59. The normalized spacial score (nSPS) is 17.8. The van der Waals surface area contributed by atoms with Crippen molar-refractivity contribution in [1.29, 1.82) is 0 Å². The standard InChI is InChI=1S/C22H29N3O3S.BrH/c1-26-19-12-21(28-3)20(27-2)11-16(19)13-23-25-18(15-9-10-15)14-29-22(25)24-17-7-5-4-6-8-17;/h11-15,17H,4-10H2,1-3H3;1H/b23-13+,24-22?;. The van der Waals surface area contributed by atoms with E-state index in [1.807, 2.05) is 23.0 Å². The molecule has 1 heterocycles. The van der Waals surface area contributed by atoms with Crippen LogP contribution in [0.4, 0.5) is 0 Å². The smallest absolute Gasteiger partial charge is 0.206 e. The Morgan fingerprint density at radius 3 is 2.23 bits per heavy atom. The molecule has 4 rings (SSSR count). The third-order valence-electron chi connectivity index (χ3n) is 5.62. The number of nitrogens with zero attached hydrogens (tertiary/aromatic N) is 3. The van der Waals surface area contributed by atoms with E-state index in [2.05, 4.69) is 5.38 Å². The number of aromatic nitrogens is 1. The highest BCUT2D eigenvalue weighted by atomic mass is 79.9. The van der Waals surface area contributed by atoms with Crippen LogP contribution in [0.25, 0.3) is 0 Å². The van der Waals surface area contributed by atoms with Crippen molar-refractivity contribution in [2.24, 2.45) is 10.1 Å². The molecular weight excluding hydrogens is 466 g/mol. The average Bonchev–Trinajstić information content (AvgIpc) is 3.54. The first-order chi connectivity index (χ1) is 14.2. The number of halogens is 1. The Hall–Kier alpha value is -1.80. The molecular formula is C22H30BrN3O3S. The molecule has 1 aromatic carbocycles. The van der Waals surface area contributed by atoms with Crippen molar-refractivity contribution in [3.05, 3.63) is 33.6 Å². The average molecular weight is 496 g/mol. The van der Waals surface area contributed by atoms with Gasteiger partial charge >= 0.3 is 0 Å². The maximum atomic E-state index is 5.54. The molecule has 0 bridgehead atoms. The van der Waals surface area contributed by atoms with E-state index in [1.165, 1.54) is 50.6 Å². The molecule has 0 unspecified atom stereocenters. The number of benzene rings is 1. The largest absolute Gasteiger partial charge is 0.496 e. The molecule has 0 atom stereocenters. The predicted octanol–water partition coefficient (Wildman–Crippen LogP) is 5.15. The molecule has 2 aromatic rings. The highest BCUT2D eigenvalue weighted by Crippen LogP contribution is 2.40. The van der Waals surface area contributed by atoms with E-state index in [1.54, 1.807) is 32.7 Å². The van der Waals surface area contributed by atoms with Gasteiger partial charge in [-0.3, -0.25) is 4.99 Å². The van der Waals surface area contributed by atoms with Crippen LogP contribution in [-0.2, 0) is 0 Å². The molecule has 2 aliphatic carbocycles. The highest BCUT2D eigenvalue weighted by Gasteiger charge is 2.28. The lowest BCUT2D eigenvalue weighted by Crippen LogP contribution is -2.19. The monoisotopic (exact) mass is 495 g/mol. The summed E-state index contributed by atoms with van der Waals surface area (Å²) in [7, 11) is 4.90. The van der Waals surface area contributed by atoms with Gasteiger partial charge in [0.25, 0.3) is 0 Å². The Bertz CT molecular complexity index is 944. The van der Waals surface area contributed by atoms with Crippen LogP contribution in [0.3, 0.4) is 0 Å². The quantitative estimate of drug-likeness (QED) is 0.499. The van der Waals surface area contributed by atoms with Crippen molar-refractivity contribution in [2.75, 3.05) is 21.3 Å². The summed E-state index contributed by atoms with van der Waals surface area (Å²) < 4.78 is 18.4. The minimum absolute atomic E-state index is 0. The second-order valence-electron chi connectivity index (χ2n) is 7.64. The summed E-state index contributed by atoms with van der Waals surface area (Å²) in [4.78, 5) is 6.05. The molecule has 2 aliphatic rings. The molecule has 6 nitrogen and oxygen atoms in total. The Labute approximate surface area is 192 Å². The molecule has 0 spiro atoms. The van der Waals surface area contributed by atoms with Gasteiger partial charge in [-0.05, 0) is 31.7 Å². The third kappa shape index (κ3) is 5.09. The summed E-state index contributed by atoms with van der Waals surface area (Å²) in [5, 5.41) is 7.06. The third-order valence-corrected chi connectivity index (χ3v) is 6.47. The molecule has 0 amide bonds. The van der Waals surface area contributed by atoms with Crippen LogP contribution >= 0.6 is 28.3 Å². The highest BCUT2D eigenvalue weighted by molar-refractivity contribution is 8.93. The fourth-order valence-corrected chi connectivity index (χ4v) is 4.79. The van der Waals surface area contributed by atoms with E-state index < -0.39 is 0 Å². The lowest BCUT2D eigenvalue weighted by atomic mass is 9.96. The first kappa shape index (κ1) is 22.9. The van der Waals surface area contributed by atoms with Gasteiger partial charge in [0.05, 0.1) is 39.3 Å². The number of ether oxygens (including phenoxy) is 3. The fourth-order valence-electron chi connectivity index (χ4n) is 3.81. The lowest BCUT2D eigenvalue weighted by Gasteiger charge is -2.16. The Kier molecular flexibility index (Phi) is 7.99. The molecule has 2 fully saturated rings. The summed E-state index contributed by atoms with van der Waals surface area (Å²) >= 11 is 1.70. The molecule has 2 saturated carbocycles. The van der Waals surface area contributed by atoms with E-state index in [4.69, 9.17) is 24.3 Å². The van der Waals surface area contributed by atoms with Gasteiger partial charge in [-0.1, -0.05) is 19.3 Å². The molecule has 0 aliphatic heterocycles. The molecule has 8 heteroatoms. The van der Waals surface area contributed by atoms with Crippen LogP contribution in [0.1, 0.15) is 62.1 Å². The van der Waals surface area contributed by atoms with Crippen molar-refractivity contribution in [1.82, 2.24) is 4.68 Å². The van der Waals surface area contributed by atoms with Crippen LogP contribution in [-0.4, -0.2) is 38.3 Å². The van der Waals surface area contributed by atoms with Gasteiger partial charge in [0.1, 0.15) is 5.75 Å². The van der Waals surface area contributed by atoms with E-state index in [0.29, 0.717) is 29.2 Å². The molecule has 164 valence electrons. The van der Waals surface area contributed by atoms with Crippen molar-refractivity contribution in [3.63, 3.8) is 0 Å². The Morgan fingerprint density at radius 1 is 0.933 bits per heavy atom. The minimum Gasteiger partial charge on any atom is -0.496 e. The van der Waals surface area contributed by atoms with E-state index in [-0.39, 0.29) is 17.0 Å². The van der Waals surface area contributed by atoms with Crippen LogP contribution < -0.4 is 19.0 Å². The van der Waals surface area contributed by atoms with Crippen molar-refractivity contribution in [2.45, 2.75) is 56.9 Å². The van der Waals surface area contributed by atoms with E-state index >= 15 is 0 Å². The summed E-state index contributed by atoms with van der Waals surface area (Å²) in [6.45, 7) is 0. The topological polar surface area (TPSA) is 57.3 Å². The summed E-state index contributed by atoms with van der Waals surface area (Å²) in [6.07, 6.45) is 10.6. The van der Waals surface area contributed by atoms with Crippen molar-refractivity contribution < 1.29 is 14.2 Å². The zero-order chi connectivity index (χ0) is 20.2. The van der Waals surface area contributed by atoms with Gasteiger partial charge in [-0.2, -0.15) is 5.10 Å². The number of hydrogen-bond donors (Lipinski definition) is 0. The van der Waals surface area contributed by atoms with Crippen LogP contribution in [0.5, 0.6) is 17.2 Å². The van der Waals surface area contributed by atoms with Gasteiger partial charge in [-0.15, -0.1) is 28.3 Å². The van der Waals surface area contributed by atoms with Gasteiger partial charge in [0.15, 0.2) is 11.5 Å². The zero-order valence-corrected chi connectivity index (χ0v) is 20.3. The predicted molar refractivity (Wildman–Crippen MR) is 126 cm³/mol. The van der Waals surface area contributed by atoms with Gasteiger partial charge in [0, 0.05) is 22.9 Å². The van der Waals surface area contributed by atoms with Crippen LogP contribution in [0.2, 0.25) is 0 Å². The van der Waals surface area contributed by atoms with Gasteiger partial charge in [-0.25, -0.2) is 4.68 Å². The number of hydrogen-bond acceptors (Lipinski definition) is 6. The van der Waals surface area contributed by atoms with Crippen molar-refractivity contribution in [3.8, 4) is 17.2 Å². The number of methoxy groups -OCH3 is 3. The Balaban J connectivity index is 0.00000256. The second kappa shape index (κ2) is 10.5. The fraction of sp³-hybridized carbons (Fsp3) is 0.545. The lowest BCUT2D eigenvalue weighted by molar-refractivity contribution is 0.349. The zero-order valence-electron chi connectivity index (χ0n) is 17.8. The van der Waals surface area contributed by atoms with Gasteiger partial charge < -0.3 is 14.2 Å². The Morgan fingerprint density at radius 2 is 1.60 bits per heavy atom. The SMILES string of the molecule is Br.COc1cc(OC)c(OC)cc1/C=N/n1c(C2CC2)csc1=NC1CCCCC1. The molecule has 0 radical (unpaired) electrons. The first-order valence-corrected chi connectivity index (χ1v) is 11.2.